The van der Waals surface area contributed by atoms with Crippen molar-refractivity contribution in [1.82, 2.24) is 14.2 Å². The van der Waals surface area contributed by atoms with Gasteiger partial charge >= 0.3 is 12.0 Å². The summed E-state index contributed by atoms with van der Waals surface area (Å²) >= 11 is 0. The Morgan fingerprint density at radius 3 is 2.52 bits per heavy atom. The molecule has 0 spiro atoms. The number of sulfonamides is 1. The van der Waals surface area contributed by atoms with Gasteiger partial charge in [0.05, 0.1) is 5.92 Å². The highest BCUT2D eigenvalue weighted by atomic mass is 32.2. The van der Waals surface area contributed by atoms with Crippen LogP contribution in [0.1, 0.15) is 13.3 Å². The fraction of sp³-hybridized carbons (Fsp3) is 0.533. The first-order chi connectivity index (χ1) is 11.6. The molecule has 25 heavy (non-hydrogen) atoms. The molecule has 1 aliphatic heterocycles. The van der Waals surface area contributed by atoms with Crippen LogP contribution in [-0.4, -0.2) is 66.9 Å². The van der Waals surface area contributed by atoms with Gasteiger partial charge in [0.2, 0.25) is 10.0 Å². The van der Waals surface area contributed by atoms with Gasteiger partial charge in [-0.2, -0.15) is 0 Å². The molecule has 2 amide bonds. The molecule has 2 unspecified atom stereocenters. The Kier molecular flexibility index (Phi) is 5.63. The van der Waals surface area contributed by atoms with Gasteiger partial charge in [-0.25, -0.2) is 22.5 Å². The molecule has 1 aromatic heterocycles. The molecule has 0 aliphatic carbocycles. The van der Waals surface area contributed by atoms with Crippen molar-refractivity contribution < 1.29 is 23.1 Å². The molecule has 2 heterocycles. The molecule has 0 aromatic carbocycles. The second-order valence-corrected chi connectivity index (χ2v) is 8.53. The quantitative estimate of drug-likeness (QED) is 0.813. The fourth-order valence-electron chi connectivity index (χ4n) is 2.70. The zero-order valence-electron chi connectivity index (χ0n) is 14.3. The number of hydrogen-bond acceptors (Lipinski definition) is 5. The highest BCUT2D eigenvalue weighted by molar-refractivity contribution is 7.89. The maximum absolute atomic E-state index is 12.3. The number of aliphatic carboxylic acids is 1. The van der Waals surface area contributed by atoms with Crippen LogP contribution in [0.5, 0.6) is 0 Å². The second-order valence-electron chi connectivity index (χ2n) is 6.38. The number of anilines is 1. The van der Waals surface area contributed by atoms with Gasteiger partial charge < -0.3 is 10.0 Å². The number of carboxylic acid groups (broad SMARTS) is 1. The molecule has 1 saturated heterocycles. The molecule has 0 saturated carbocycles. The van der Waals surface area contributed by atoms with Crippen LogP contribution in [0.4, 0.5) is 10.6 Å². The molecule has 1 aliphatic rings. The summed E-state index contributed by atoms with van der Waals surface area (Å²) in [5, 5.41) is 11.7. The predicted molar refractivity (Wildman–Crippen MR) is 90.6 cm³/mol. The Labute approximate surface area is 146 Å². The monoisotopic (exact) mass is 370 g/mol. The topological polar surface area (TPSA) is 120 Å². The number of hydrogen-bond donors (Lipinski definition) is 2. The molecule has 138 valence electrons. The number of nitrogens with zero attached hydrogens (tertiary/aromatic N) is 3. The van der Waals surface area contributed by atoms with Crippen LogP contribution in [-0.2, 0) is 14.8 Å². The smallest absolute Gasteiger partial charge is 0.323 e. The van der Waals surface area contributed by atoms with Gasteiger partial charge in [0, 0.05) is 33.4 Å². The predicted octanol–water partition coefficient (Wildman–Crippen LogP) is 0.906. The lowest BCUT2D eigenvalue weighted by molar-refractivity contribution is -0.143. The van der Waals surface area contributed by atoms with Crippen molar-refractivity contribution in [1.29, 1.82) is 0 Å². The van der Waals surface area contributed by atoms with Crippen molar-refractivity contribution in [2.24, 2.45) is 11.8 Å². The Hall–Kier alpha value is -2.20. The zero-order chi connectivity index (χ0) is 18.8. The van der Waals surface area contributed by atoms with Crippen LogP contribution in [0.25, 0.3) is 0 Å². The van der Waals surface area contributed by atoms with Crippen LogP contribution < -0.4 is 5.32 Å². The zero-order valence-corrected chi connectivity index (χ0v) is 15.2. The van der Waals surface area contributed by atoms with E-state index in [0.717, 1.165) is 4.31 Å². The summed E-state index contributed by atoms with van der Waals surface area (Å²) < 4.78 is 25.0. The van der Waals surface area contributed by atoms with Gasteiger partial charge in [0.15, 0.2) is 0 Å². The summed E-state index contributed by atoms with van der Waals surface area (Å²) in [6.07, 6.45) is 1.71. The van der Waals surface area contributed by atoms with Crippen molar-refractivity contribution in [3.63, 3.8) is 0 Å². The van der Waals surface area contributed by atoms with E-state index in [2.05, 4.69) is 10.3 Å². The summed E-state index contributed by atoms with van der Waals surface area (Å²) in [4.78, 5) is 28.9. The van der Waals surface area contributed by atoms with Crippen molar-refractivity contribution in [2.45, 2.75) is 18.2 Å². The number of rotatable bonds is 4. The number of aromatic nitrogens is 1. The number of carboxylic acids is 1. The summed E-state index contributed by atoms with van der Waals surface area (Å²) in [5.74, 6) is -1.22. The number of carbonyl (C=O) groups excluding carboxylic acids is 1. The summed E-state index contributed by atoms with van der Waals surface area (Å²) in [6, 6.07) is 2.31. The van der Waals surface area contributed by atoms with Crippen molar-refractivity contribution >= 4 is 27.8 Å². The first-order valence-corrected chi connectivity index (χ1v) is 9.22. The maximum atomic E-state index is 12.3. The SMILES string of the molecule is CC1CC(C(=O)O)CN(C(=O)Nc2ccc(S(=O)(=O)N(C)C)cn2)C1. The molecule has 10 heteroatoms. The molecule has 0 bridgehead atoms. The molecule has 0 radical (unpaired) electrons. The lowest BCUT2D eigenvalue weighted by Gasteiger charge is -2.34. The van der Waals surface area contributed by atoms with Crippen LogP contribution in [0.2, 0.25) is 0 Å². The molecule has 1 aromatic rings. The number of likely N-dealkylation sites (tertiary alicyclic amines) is 1. The third-order valence-electron chi connectivity index (χ3n) is 4.05. The minimum absolute atomic E-state index is 0.0213. The van der Waals surface area contributed by atoms with E-state index in [1.165, 1.54) is 37.3 Å². The van der Waals surface area contributed by atoms with Crippen molar-refractivity contribution in [3.8, 4) is 0 Å². The minimum atomic E-state index is -3.58. The third-order valence-corrected chi connectivity index (χ3v) is 5.84. The normalized spacial score (nSPS) is 21.2. The Bertz CT molecular complexity index is 748. The van der Waals surface area contributed by atoms with Gasteiger partial charge in [-0.05, 0) is 24.5 Å². The van der Waals surface area contributed by atoms with E-state index in [1.54, 1.807) is 0 Å². The molecule has 2 N–H and O–H groups in total. The number of amides is 2. The largest absolute Gasteiger partial charge is 0.481 e. The Morgan fingerprint density at radius 2 is 2.00 bits per heavy atom. The van der Waals surface area contributed by atoms with Crippen LogP contribution in [0.15, 0.2) is 23.2 Å². The highest BCUT2D eigenvalue weighted by Crippen LogP contribution is 2.22. The first-order valence-electron chi connectivity index (χ1n) is 7.78. The van der Waals surface area contributed by atoms with Crippen LogP contribution in [0, 0.1) is 11.8 Å². The number of nitrogens with one attached hydrogen (secondary N) is 1. The van der Waals surface area contributed by atoms with E-state index < -0.39 is 27.9 Å². The van der Waals surface area contributed by atoms with E-state index in [4.69, 9.17) is 5.11 Å². The minimum Gasteiger partial charge on any atom is -0.481 e. The van der Waals surface area contributed by atoms with E-state index in [-0.39, 0.29) is 23.2 Å². The van der Waals surface area contributed by atoms with Gasteiger partial charge in [-0.15, -0.1) is 0 Å². The molecular weight excluding hydrogens is 348 g/mol. The highest BCUT2D eigenvalue weighted by Gasteiger charge is 2.32. The van der Waals surface area contributed by atoms with Crippen LogP contribution >= 0.6 is 0 Å². The molecule has 2 atom stereocenters. The lowest BCUT2D eigenvalue weighted by Crippen LogP contribution is -2.47. The average molecular weight is 370 g/mol. The Morgan fingerprint density at radius 1 is 1.32 bits per heavy atom. The molecule has 1 fully saturated rings. The summed E-state index contributed by atoms with van der Waals surface area (Å²) in [5.41, 5.74) is 0. The van der Waals surface area contributed by atoms with Crippen molar-refractivity contribution in [2.75, 3.05) is 32.5 Å². The van der Waals surface area contributed by atoms with Crippen molar-refractivity contribution in [3.05, 3.63) is 18.3 Å². The number of piperidine rings is 1. The standard InChI is InChI=1S/C15H22N4O5S/c1-10-6-11(14(20)21)9-19(8-10)15(22)17-13-5-4-12(7-16-13)25(23,24)18(2)3/h4-5,7,10-11H,6,8-9H2,1-3H3,(H,20,21)(H,16,17,22). The van der Waals surface area contributed by atoms with E-state index >= 15 is 0 Å². The molecular formula is C15H22N4O5S. The maximum Gasteiger partial charge on any atom is 0.323 e. The van der Waals surface area contributed by atoms with E-state index in [1.807, 2.05) is 6.92 Å². The second kappa shape index (κ2) is 7.36. The van der Waals surface area contributed by atoms with Gasteiger partial charge in [0.25, 0.3) is 0 Å². The third kappa shape index (κ3) is 4.45. The summed E-state index contributed by atoms with van der Waals surface area (Å²) in [7, 11) is -0.748. The van der Waals surface area contributed by atoms with Gasteiger partial charge in [-0.1, -0.05) is 6.92 Å². The van der Waals surface area contributed by atoms with Crippen LogP contribution in [0.3, 0.4) is 0 Å². The number of pyridine rings is 1. The molecule has 2 rings (SSSR count). The first kappa shape index (κ1) is 19.1. The van der Waals surface area contributed by atoms with E-state index in [0.29, 0.717) is 13.0 Å². The van der Waals surface area contributed by atoms with Gasteiger partial charge in [-0.3, -0.25) is 10.1 Å². The fourth-order valence-corrected chi connectivity index (χ4v) is 3.55. The lowest BCUT2D eigenvalue weighted by atomic mass is 9.91. The van der Waals surface area contributed by atoms with E-state index in [9.17, 15) is 18.0 Å². The van der Waals surface area contributed by atoms with Gasteiger partial charge in [0.1, 0.15) is 10.7 Å². The summed E-state index contributed by atoms with van der Waals surface area (Å²) in [6.45, 7) is 2.50. The molecule has 9 nitrogen and oxygen atoms in total. The number of carbonyl (C=O) groups is 2. The Balaban J connectivity index is 2.07. The average Bonchev–Trinajstić information content (AvgIpc) is 2.54. The number of urea groups is 1.